The number of ether oxygens (including phenoxy) is 1. The van der Waals surface area contributed by atoms with E-state index in [4.69, 9.17) is 4.74 Å². The van der Waals surface area contributed by atoms with E-state index in [9.17, 15) is 4.79 Å². The summed E-state index contributed by atoms with van der Waals surface area (Å²) in [7, 11) is 1.66. The topological polar surface area (TPSA) is 37.7 Å². The summed E-state index contributed by atoms with van der Waals surface area (Å²) in [6.45, 7) is 8.98. The molecule has 1 fully saturated rings. The number of para-hydroxylation sites is 1. The van der Waals surface area contributed by atoms with Gasteiger partial charge < -0.3 is 19.1 Å². The van der Waals surface area contributed by atoms with Crippen molar-refractivity contribution in [1.82, 2.24) is 14.4 Å². The number of methoxy groups -OCH3 is 1. The molecule has 1 aromatic heterocycles. The van der Waals surface area contributed by atoms with Gasteiger partial charge in [0.05, 0.1) is 7.11 Å². The van der Waals surface area contributed by atoms with Crippen LogP contribution in [0.1, 0.15) is 41.5 Å². The summed E-state index contributed by atoms with van der Waals surface area (Å²) in [5, 5.41) is 1.05. The Hall–Kier alpha value is -3.64. The average Bonchev–Trinajstić information content (AvgIpc) is 3.31. The van der Waals surface area contributed by atoms with Gasteiger partial charge in [-0.2, -0.15) is 0 Å². The second kappa shape index (κ2) is 11.4. The van der Waals surface area contributed by atoms with E-state index in [0.717, 1.165) is 66.1 Å². The van der Waals surface area contributed by atoms with Gasteiger partial charge in [-0.15, -0.1) is 0 Å². The highest BCUT2D eigenvalue weighted by Crippen LogP contribution is 2.37. The van der Waals surface area contributed by atoms with E-state index in [1.165, 1.54) is 6.07 Å². The van der Waals surface area contributed by atoms with E-state index in [1.54, 1.807) is 13.2 Å². The van der Waals surface area contributed by atoms with Crippen molar-refractivity contribution in [2.45, 2.75) is 32.7 Å². The number of aryl methyl sites for hydroxylation is 1. The Morgan fingerprint density at radius 3 is 2.42 bits per heavy atom. The van der Waals surface area contributed by atoms with Crippen molar-refractivity contribution in [3.8, 4) is 5.75 Å². The number of benzene rings is 3. The van der Waals surface area contributed by atoms with Crippen molar-refractivity contribution >= 4 is 16.8 Å². The van der Waals surface area contributed by atoms with E-state index in [2.05, 4.69) is 46.9 Å². The van der Waals surface area contributed by atoms with E-state index < -0.39 is 0 Å². The molecule has 0 radical (unpaired) electrons. The van der Waals surface area contributed by atoms with Gasteiger partial charge in [-0.3, -0.25) is 4.79 Å². The first-order chi connectivity index (χ1) is 18.5. The number of likely N-dealkylation sites (N-methyl/N-ethyl adjacent to an activating group) is 1. The van der Waals surface area contributed by atoms with Crippen LogP contribution < -0.4 is 4.74 Å². The molecule has 1 atom stereocenters. The van der Waals surface area contributed by atoms with Crippen molar-refractivity contribution in [1.29, 1.82) is 0 Å². The van der Waals surface area contributed by atoms with Gasteiger partial charge in [0.2, 0.25) is 5.91 Å². The fourth-order valence-corrected chi connectivity index (χ4v) is 5.55. The fraction of sp³-hybridized carbons (Fsp3) is 0.344. The number of halogens is 1. The number of aromatic nitrogens is 1. The van der Waals surface area contributed by atoms with Gasteiger partial charge in [-0.05, 0) is 54.4 Å². The van der Waals surface area contributed by atoms with Crippen LogP contribution in [0.4, 0.5) is 4.39 Å². The summed E-state index contributed by atoms with van der Waals surface area (Å²) in [6, 6.07) is 21.5. The van der Waals surface area contributed by atoms with Crippen molar-refractivity contribution in [3.05, 3.63) is 101 Å². The average molecular weight is 514 g/mol. The molecule has 1 saturated heterocycles. The normalized spacial score (nSPS) is 15.1. The lowest BCUT2D eigenvalue weighted by atomic mass is 9.86. The minimum Gasteiger partial charge on any atom is -0.497 e. The van der Waals surface area contributed by atoms with E-state index in [-0.39, 0.29) is 24.1 Å². The van der Waals surface area contributed by atoms with Crippen molar-refractivity contribution < 1.29 is 13.9 Å². The first-order valence-electron chi connectivity index (χ1n) is 13.4. The molecule has 5 nitrogen and oxygen atoms in total. The van der Waals surface area contributed by atoms with E-state index in [1.807, 2.05) is 42.2 Å². The van der Waals surface area contributed by atoms with Gasteiger partial charge in [-0.25, -0.2) is 4.39 Å². The predicted octanol–water partition coefficient (Wildman–Crippen LogP) is 5.83. The molecule has 38 heavy (non-hydrogen) atoms. The van der Waals surface area contributed by atoms with Gasteiger partial charge in [0.25, 0.3) is 0 Å². The maximum Gasteiger partial charge on any atom is 0.223 e. The molecule has 0 N–H and O–H groups in total. The third-order valence-electron chi connectivity index (χ3n) is 7.78. The molecule has 6 heteroatoms. The lowest BCUT2D eigenvalue weighted by Gasteiger charge is -2.35. The highest BCUT2D eigenvalue weighted by molar-refractivity contribution is 5.87. The quantitative estimate of drug-likeness (QED) is 0.297. The van der Waals surface area contributed by atoms with Gasteiger partial charge in [0.15, 0.2) is 0 Å². The third kappa shape index (κ3) is 5.46. The Labute approximate surface area is 224 Å². The Balaban J connectivity index is 1.53. The highest BCUT2D eigenvalue weighted by Gasteiger charge is 2.28. The molecule has 1 amide bonds. The Bertz CT molecular complexity index is 1400. The lowest BCUT2D eigenvalue weighted by molar-refractivity contribution is -0.133. The number of carbonyl (C=O) groups is 1. The second-order valence-electron chi connectivity index (χ2n) is 10.2. The molecule has 0 unspecified atom stereocenters. The van der Waals surface area contributed by atoms with Crippen molar-refractivity contribution in [2.24, 2.45) is 0 Å². The molecule has 0 saturated carbocycles. The monoisotopic (exact) mass is 513 g/mol. The molecule has 1 aliphatic rings. The number of carbonyl (C=O) groups excluding carboxylic acids is 1. The zero-order valence-corrected chi connectivity index (χ0v) is 22.5. The SMILES string of the molecule is CCN1CCN(C(=O)C[C@@H](c2cc(C)ccc2F)c2cn(Cc3ccc(OC)cc3)c3ccccc23)CC1. The van der Waals surface area contributed by atoms with Gasteiger partial charge in [0, 0.05) is 62.2 Å². The molecular formula is C32H36FN3O2. The maximum atomic E-state index is 15.4. The number of hydrogen-bond donors (Lipinski definition) is 0. The van der Waals surface area contributed by atoms with E-state index >= 15 is 4.39 Å². The number of amides is 1. The smallest absolute Gasteiger partial charge is 0.223 e. The zero-order chi connectivity index (χ0) is 26.6. The van der Waals surface area contributed by atoms with Crippen LogP contribution in [0, 0.1) is 12.7 Å². The van der Waals surface area contributed by atoms with E-state index in [0.29, 0.717) is 12.1 Å². The van der Waals surface area contributed by atoms with Crippen LogP contribution in [-0.4, -0.2) is 60.1 Å². The summed E-state index contributed by atoms with van der Waals surface area (Å²) >= 11 is 0. The van der Waals surface area contributed by atoms with Crippen LogP contribution in [0.25, 0.3) is 10.9 Å². The molecule has 5 rings (SSSR count). The minimum absolute atomic E-state index is 0.0821. The first-order valence-corrected chi connectivity index (χ1v) is 13.4. The molecule has 0 bridgehead atoms. The van der Waals surface area contributed by atoms with Crippen LogP contribution >= 0.6 is 0 Å². The summed E-state index contributed by atoms with van der Waals surface area (Å²) in [5.41, 5.74) is 4.76. The van der Waals surface area contributed by atoms with Crippen LogP contribution in [0.2, 0.25) is 0 Å². The third-order valence-corrected chi connectivity index (χ3v) is 7.78. The Kier molecular flexibility index (Phi) is 7.79. The molecule has 2 heterocycles. The number of fused-ring (bicyclic) bond motifs is 1. The molecule has 3 aromatic carbocycles. The Morgan fingerprint density at radius 1 is 0.974 bits per heavy atom. The van der Waals surface area contributed by atoms with Gasteiger partial charge in [-0.1, -0.05) is 55.0 Å². The summed E-state index contributed by atoms with van der Waals surface area (Å²) in [4.78, 5) is 17.9. The largest absolute Gasteiger partial charge is 0.497 e. The van der Waals surface area contributed by atoms with Crippen LogP contribution in [0.5, 0.6) is 5.75 Å². The Morgan fingerprint density at radius 2 is 1.71 bits per heavy atom. The number of piperazine rings is 1. The number of nitrogens with zero attached hydrogens (tertiary/aromatic N) is 3. The summed E-state index contributed by atoms with van der Waals surface area (Å²) in [6.07, 6.45) is 2.35. The second-order valence-corrected chi connectivity index (χ2v) is 10.2. The molecule has 0 spiro atoms. The molecule has 0 aliphatic carbocycles. The highest BCUT2D eigenvalue weighted by atomic mass is 19.1. The van der Waals surface area contributed by atoms with Crippen molar-refractivity contribution in [3.63, 3.8) is 0 Å². The van der Waals surface area contributed by atoms with Crippen LogP contribution in [0.15, 0.2) is 72.9 Å². The predicted molar refractivity (Wildman–Crippen MR) is 150 cm³/mol. The van der Waals surface area contributed by atoms with Crippen molar-refractivity contribution in [2.75, 3.05) is 39.8 Å². The zero-order valence-electron chi connectivity index (χ0n) is 22.5. The number of rotatable bonds is 8. The van der Waals surface area contributed by atoms with Crippen LogP contribution in [-0.2, 0) is 11.3 Å². The minimum atomic E-state index is -0.381. The molecule has 1 aliphatic heterocycles. The fourth-order valence-electron chi connectivity index (χ4n) is 5.55. The first kappa shape index (κ1) is 26.0. The van der Waals surface area contributed by atoms with Crippen LogP contribution in [0.3, 0.4) is 0 Å². The standard InChI is InChI=1S/C32H36FN3O2/c1-4-34-15-17-35(18-16-34)32(37)20-27(28-19-23(2)9-14-30(28)33)29-22-36(31-8-6-5-7-26(29)31)21-24-10-12-25(38-3)13-11-24/h5-14,19,22,27H,4,15-18,20-21H2,1-3H3/t27-/m0/s1. The molecule has 198 valence electrons. The summed E-state index contributed by atoms with van der Waals surface area (Å²) < 4.78 is 22.9. The van der Waals surface area contributed by atoms with Gasteiger partial charge >= 0.3 is 0 Å². The maximum absolute atomic E-state index is 15.4. The summed E-state index contributed by atoms with van der Waals surface area (Å²) in [5.74, 6) is 0.253. The number of hydrogen-bond acceptors (Lipinski definition) is 3. The van der Waals surface area contributed by atoms with Gasteiger partial charge in [0.1, 0.15) is 11.6 Å². The molecule has 4 aromatic rings. The lowest BCUT2D eigenvalue weighted by Crippen LogP contribution is -2.48. The molecular weight excluding hydrogens is 477 g/mol.